The average molecular weight is 317 g/mol. The highest BCUT2D eigenvalue weighted by molar-refractivity contribution is 5.95. The van der Waals surface area contributed by atoms with Crippen LogP contribution in [0.5, 0.6) is 0 Å². The predicted molar refractivity (Wildman–Crippen MR) is 88.5 cm³/mol. The van der Waals surface area contributed by atoms with Crippen molar-refractivity contribution in [2.75, 3.05) is 29.9 Å². The Balaban J connectivity index is 1.64. The molecule has 0 saturated carbocycles. The number of anilines is 2. The van der Waals surface area contributed by atoms with Crippen molar-refractivity contribution < 1.29 is 9.59 Å². The maximum atomic E-state index is 12.3. The Hall–Kier alpha value is -2.31. The zero-order valence-electron chi connectivity index (χ0n) is 13.2. The van der Waals surface area contributed by atoms with Crippen molar-refractivity contribution in [3.63, 3.8) is 0 Å². The van der Waals surface area contributed by atoms with Gasteiger partial charge in [-0.1, -0.05) is 0 Å². The Kier molecular flexibility index (Phi) is 4.95. The van der Waals surface area contributed by atoms with Gasteiger partial charge >= 0.3 is 6.03 Å². The van der Waals surface area contributed by atoms with Crippen LogP contribution < -0.4 is 20.9 Å². The van der Waals surface area contributed by atoms with Gasteiger partial charge in [-0.15, -0.1) is 0 Å². The Morgan fingerprint density at radius 1 is 1.26 bits per heavy atom. The zero-order chi connectivity index (χ0) is 16.1. The molecule has 124 valence electrons. The van der Waals surface area contributed by atoms with E-state index in [0.717, 1.165) is 44.6 Å². The second-order valence-electron chi connectivity index (χ2n) is 6.01. The molecule has 1 aromatic rings. The first-order valence-corrected chi connectivity index (χ1v) is 8.29. The molecule has 3 rings (SSSR count). The molecule has 2 aliphatic heterocycles. The second kappa shape index (κ2) is 7.30. The van der Waals surface area contributed by atoms with Crippen molar-refractivity contribution in [1.82, 2.24) is 15.6 Å². The van der Waals surface area contributed by atoms with E-state index in [1.165, 1.54) is 0 Å². The zero-order valence-corrected chi connectivity index (χ0v) is 13.2. The maximum Gasteiger partial charge on any atom is 0.319 e. The topological polar surface area (TPSA) is 86.4 Å². The lowest BCUT2D eigenvalue weighted by molar-refractivity contribution is -0.122. The van der Waals surface area contributed by atoms with Gasteiger partial charge in [0.05, 0.1) is 5.69 Å². The van der Waals surface area contributed by atoms with Crippen molar-refractivity contribution in [1.29, 1.82) is 0 Å². The Labute approximate surface area is 135 Å². The number of nitrogens with zero attached hydrogens (tertiary/aromatic N) is 2. The number of rotatable bonds is 3. The number of amides is 3. The van der Waals surface area contributed by atoms with Crippen LogP contribution in [-0.2, 0) is 4.79 Å². The van der Waals surface area contributed by atoms with E-state index >= 15 is 0 Å². The molecule has 0 aromatic carbocycles. The molecule has 0 unspecified atom stereocenters. The first kappa shape index (κ1) is 15.6. The molecule has 3 heterocycles. The van der Waals surface area contributed by atoms with E-state index in [1.54, 1.807) is 12.3 Å². The van der Waals surface area contributed by atoms with E-state index in [2.05, 4.69) is 25.8 Å². The van der Waals surface area contributed by atoms with Crippen LogP contribution in [0, 0.1) is 0 Å². The molecule has 2 saturated heterocycles. The van der Waals surface area contributed by atoms with Crippen molar-refractivity contribution >= 4 is 23.4 Å². The molecule has 7 heteroatoms. The van der Waals surface area contributed by atoms with Crippen LogP contribution in [0.2, 0.25) is 0 Å². The summed E-state index contributed by atoms with van der Waals surface area (Å²) in [6, 6.07) is 2.81. The first-order chi connectivity index (χ1) is 11.2. The molecule has 1 aromatic heterocycles. The van der Waals surface area contributed by atoms with Gasteiger partial charge < -0.3 is 20.9 Å². The molecular formula is C16H23N5O2. The lowest BCUT2D eigenvalue weighted by Gasteiger charge is -2.21. The van der Waals surface area contributed by atoms with Crippen LogP contribution >= 0.6 is 0 Å². The van der Waals surface area contributed by atoms with Crippen LogP contribution in [0.1, 0.15) is 32.1 Å². The summed E-state index contributed by atoms with van der Waals surface area (Å²) < 4.78 is 0. The lowest BCUT2D eigenvalue weighted by atomic mass is 10.1. The minimum Gasteiger partial charge on any atom is -0.355 e. The number of urea groups is 1. The second-order valence-corrected chi connectivity index (χ2v) is 6.01. The fourth-order valence-corrected chi connectivity index (χ4v) is 3.07. The number of hydrogen-bond donors (Lipinski definition) is 3. The van der Waals surface area contributed by atoms with Gasteiger partial charge in [-0.3, -0.25) is 4.79 Å². The van der Waals surface area contributed by atoms with Crippen LogP contribution in [0.25, 0.3) is 0 Å². The largest absolute Gasteiger partial charge is 0.355 e. The van der Waals surface area contributed by atoms with E-state index in [1.807, 2.05) is 6.07 Å². The van der Waals surface area contributed by atoms with Crippen molar-refractivity contribution in [2.45, 2.75) is 38.1 Å². The summed E-state index contributed by atoms with van der Waals surface area (Å²) in [6.45, 7) is 2.59. The number of carbonyl (C=O) groups excluding carboxylic acids is 2. The van der Waals surface area contributed by atoms with Gasteiger partial charge in [-0.05, 0) is 44.2 Å². The Morgan fingerprint density at radius 3 is 2.91 bits per heavy atom. The summed E-state index contributed by atoms with van der Waals surface area (Å²) in [7, 11) is 0. The molecule has 0 bridgehead atoms. The fourth-order valence-electron chi connectivity index (χ4n) is 3.07. The molecule has 7 nitrogen and oxygen atoms in total. The molecule has 2 aliphatic rings. The number of nitrogens with one attached hydrogen (secondary N) is 3. The molecular weight excluding hydrogens is 294 g/mol. The summed E-state index contributed by atoms with van der Waals surface area (Å²) >= 11 is 0. The fraction of sp³-hybridized carbons (Fsp3) is 0.562. The van der Waals surface area contributed by atoms with Gasteiger partial charge in [0.25, 0.3) is 0 Å². The Morgan fingerprint density at radius 2 is 2.09 bits per heavy atom. The van der Waals surface area contributed by atoms with Gasteiger partial charge in [-0.25, -0.2) is 9.78 Å². The number of aromatic nitrogens is 1. The molecule has 0 spiro atoms. The highest BCUT2D eigenvalue weighted by Crippen LogP contribution is 2.25. The summed E-state index contributed by atoms with van der Waals surface area (Å²) in [5.74, 6) is 0.689. The van der Waals surface area contributed by atoms with Gasteiger partial charge in [0.1, 0.15) is 6.04 Å². The quantitative estimate of drug-likeness (QED) is 0.788. The number of pyridine rings is 1. The van der Waals surface area contributed by atoms with E-state index in [0.29, 0.717) is 18.7 Å². The number of hydrogen-bond acceptors (Lipinski definition) is 4. The highest BCUT2D eigenvalue weighted by atomic mass is 16.2. The predicted octanol–water partition coefficient (Wildman–Crippen LogP) is 1.47. The third kappa shape index (κ3) is 3.91. The molecule has 23 heavy (non-hydrogen) atoms. The molecule has 3 amide bonds. The molecule has 2 fully saturated rings. The summed E-state index contributed by atoms with van der Waals surface area (Å²) in [4.78, 5) is 30.7. The minimum absolute atomic E-state index is 0.108. The average Bonchev–Trinajstić information content (AvgIpc) is 3.00. The van der Waals surface area contributed by atoms with E-state index < -0.39 is 6.04 Å². The standard InChI is InChI=1S/C16H23N5O2/c22-15-13(6-1-2-8-18-15)20-16(23)19-12-7-5-9-17-14(12)21-10-3-4-11-21/h5,7,9,13H,1-4,6,8,10-11H2,(H,18,22)(H2,19,20,23)/t13-/m0/s1. The van der Waals surface area contributed by atoms with Gasteiger partial charge in [0, 0.05) is 25.8 Å². The van der Waals surface area contributed by atoms with Gasteiger partial charge in [0.2, 0.25) is 5.91 Å². The highest BCUT2D eigenvalue weighted by Gasteiger charge is 2.23. The van der Waals surface area contributed by atoms with Crippen LogP contribution in [0.15, 0.2) is 18.3 Å². The third-order valence-electron chi connectivity index (χ3n) is 4.28. The SMILES string of the molecule is O=C(Nc1cccnc1N1CCCC1)N[C@H]1CCCCNC1=O. The summed E-state index contributed by atoms with van der Waals surface area (Å²) in [5.41, 5.74) is 0.681. The maximum absolute atomic E-state index is 12.3. The summed E-state index contributed by atoms with van der Waals surface area (Å²) in [5, 5.41) is 8.43. The molecule has 3 N–H and O–H groups in total. The van der Waals surface area contributed by atoms with E-state index in [9.17, 15) is 9.59 Å². The van der Waals surface area contributed by atoms with Crippen LogP contribution in [0.3, 0.4) is 0 Å². The minimum atomic E-state index is -0.468. The van der Waals surface area contributed by atoms with Gasteiger partial charge in [-0.2, -0.15) is 0 Å². The number of carbonyl (C=O) groups is 2. The summed E-state index contributed by atoms with van der Waals surface area (Å²) in [6.07, 6.45) is 6.57. The molecule has 0 aliphatic carbocycles. The van der Waals surface area contributed by atoms with E-state index in [4.69, 9.17) is 0 Å². The smallest absolute Gasteiger partial charge is 0.319 e. The van der Waals surface area contributed by atoms with Crippen molar-refractivity contribution in [3.8, 4) is 0 Å². The van der Waals surface area contributed by atoms with Crippen molar-refractivity contribution in [2.24, 2.45) is 0 Å². The Bertz CT molecular complexity index is 571. The lowest BCUT2D eigenvalue weighted by Crippen LogP contribution is -2.47. The molecule has 0 radical (unpaired) electrons. The monoisotopic (exact) mass is 317 g/mol. The first-order valence-electron chi connectivity index (χ1n) is 8.29. The normalized spacial score (nSPS) is 21.5. The van der Waals surface area contributed by atoms with Gasteiger partial charge in [0.15, 0.2) is 5.82 Å². The van der Waals surface area contributed by atoms with Crippen LogP contribution in [0.4, 0.5) is 16.3 Å². The third-order valence-corrected chi connectivity index (χ3v) is 4.28. The molecule has 1 atom stereocenters. The van der Waals surface area contributed by atoms with E-state index in [-0.39, 0.29) is 11.9 Å². The van der Waals surface area contributed by atoms with Crippen LogP contribution in [-0.4, -0.2) is 42.6 Å². The van der Waals surface area contributed by atoms with Crippen molar-refractivity contribution in [3.05, 3.63) is 18.3 Å².